The Labute approximate surface area is 176 Å². The van der Waals surface area contributed by atoms with Gasteiger partial charge in [0.15, 0.2) is 0 Å². The molecule has 1 saturated carbocycles. The van der Waals surface area contributed by atoms with E-state index in [4.69, 9.17) is 9.47 Å². The van der Waals surface area contributed by atoms with Crippen molar-refractivity contribution in [3.8, 4) is 5.88 Å². The summed E-state index contributed by atoms with van der Waals surface area (Å²) in [6.07, 6.45) is -6.32. The summed E-state index contributed by atoms with van der Waals surface area (Å²) in [5, 5.41) is 3.65. The van der Waals surface area contributed by atoms with E-state index in [-0.39, 0.29) is 34.5 Å². The van der Waals surface area contributed by atoms with Crippen LogP contribution in [0.1, 0.15) is 28.8 Å². The summed E-state index contributed by atoms with van der Waals surface area (Å²) >= 11 is 0.761. The van der Waals surface area contributed by atoms with E-state index in [2.05, 4.69) is 10.3 Å². The van der Waals surface area contributed by atoms with E-state index in [9.17, 15) is 31.5 Å². The Kier molecular flexibility index (Phi) is 5.18. The largest absolute Gasteiger partial charge is 0.474 e. The molecule has 1 saturated heterocycles. The zero-order valence-corrected chi connectivity index (χ0v) is 16.8. The first-order valence-corrected chi connectivity index (χ1v) is 10.1. The molecule has 2 aliphatic rings. The van der Waals surface area contributed by atoms with Gasteiger partial charge in [-0.2, -0.15) is 13.2 Å². The van der Waals surface area contributed by atoms with E-state index >= 15 is 0 Å². The van der Waals surface area contributed by atoms with Crippen LogP contribution < -0.4 is 10.1 Å². The van der Waals surface area contributed by atoms with Crippen molar-refractivity contribution in [3.05, 3.63) is 22.6 Å². The molecule has 0 spiro atoms. The Morgan fingerprint density at radius 3 is 2.52 bits per heavy atom. The van der Waals surface area contributed by atoms with Crippen molar-refractivity contribution >= 4 is 33.6 Å². The van der Waals surface area contributed by atoms with E-state index in [0.29, 0.717) is 0 Å². The molecule has 2 amide bonds. The number of rotatable bonds is 4. The predicted octanol–water partition coefficient (Wildman–Crippen LogP) is 3.67. The van der Waals surface area contributed by atoms with Crippen LogP contribution in [0.5, 0.6) is 5.88 Å². The molecule has 3 heterocycles. The molecule has 0 bridgehead atoms. The number of hydrogen-bond donors (Lipinski definition) is 1. The maximum atomic E-state index is 13.5. The molecule has 0 atom stereocenters. The number of amides is 2. The van der Waals surface area contributed by atoms with Gasteiger partial charge in [-0.3, -0.25) is 9.69 Å². The van der Waals surface area contributed by atoms with Crippen LogP contribution in [0.25, 0.3) is 10.2 Å². The molecule has 31 heavy (non-hydrogen) atoms. The summed E-state index contributed by atoms with van der Waals surface area (Å²) < 4.78 is 76.6. The standard InChI is InChI=1S/C18H16F5N3O4S/c1-24-15(27)10-5-31-14-11(18(21,22)23)4-12(25-13(10)14)29-8-2-9(3-8)30-16(28)26-6-17(19,20)7-26/h4-5,8-9H,2-3,6-7H2,1H3,(H,24,27)/t8-,9+. The number of thiophene rings is 1. The first-order valence-electron chi connectivity index (χ1n) is 9.18. The van der Waals surface area contributed by atoms with Gasteiger partial charge in [0.05, 0.1) is 34.4 Å². The number of carbonyl (C=O) groups is 2. The highest BCUT2D eigenvalue weighted by atomic mass is 32.1. The van der Waals surface area contributed by atoms with Gasteiger partial charge in [0, 0.05) is 31.3 Å². The summed E-state index contributed by atoms with van der Waals surface area (Å²) in [4.78, 5) is 28.6. The molecule has 13 heteroatoms. The first-order chi connectivity index (χ1) is 14.5. The third-order valence-corrected chi connectivity index (χ3v) is 5.99. The molecule has 1 aliphatic carbocycles. The van der Waals surface area contributed by atoms with E-state index in [1.807, 2.05) is 0 Å². The molecule has 1 aliphatic heterocycles. The maximum absolute atomic E-state index is 13.5. The minimum absolute atomic E-state index is 0.00483. The molecule has 2 aromatic rings. The fraction of sp³-hybridized carbons (Fsp3) is 0.500. The van der Waals surface area contributed by atoms with Crippen molar-refractivity contribution in [1.82, 2.24) is 15.2 Å². The average molecular weight is 465 g/mol. The van der Waals surface area contributed by atoms with Crippen LogP contribution in [-0.4, -0.2) is 60.2 Å². The smallest absolute Gasteiger partial charge is 0.418 e. The van der Waals surface area contributed by atoms with Gasteiger partial charge in [0.25, 0.3) is 11.8 Å². The summed E-state index contributed by atoms with van der Waals surface area (Å²) in [5.74, 6) is -3.78. The third kappa shape index (κ3) is 4.23. The fourth-order valence-electron chi connectivity index (χ4n) is 3.29. The summed E-state index contributed by atoms with van der Waals surface area (Å²) in [6, 6.07) is 0.772. The molecule has 0 aromatic carbocycles. The Hall–Kier alpha value is -2.70. The molecule has 0 unspecified atom stereocenters. The van der Waals surface area contributed by atoms with Crippen LogP contribution in [0.2, 0.25) is 0 Å². The van der Waals surface area contributed by atoms with Crippen LogP contribution in [0, 0.1) is 0 Å². The van der Waals surface area contributed by atoms with Gasteiger partial charge in [-0.15, -0.1) is 11.3 Å². The zero-order valence-electron chi connectivity index (χ0n) is 16.0. The molecule has 1 N–H and O–H groups in total. The van der Waals surface area contributed by atoms with Gasteiger partial charge in [-0.1, -0.05) is 0 Å². The molecule has 2 aromatic heterocycles. The summed E-state index contributed by atoms with van der Waals surface area (Å²) in [7, 11) is 1.36. The molecule has 168 valence electrons. The number of nitrogens with zero attached hydrogens (tertiary/aromatic N) is 2. The van der Waals surface area contributed by atoms with Crippen molar-refractivity contribution in [2.45, 2.75) is 37.1 Å². The van der Waals surface area contributed by atoms with E-state index in [1.165, 1.54) is 12.4 Å². The number of hydrogen-bond acceptors (Lipinski definition) is 6. The van der Waals surface area contributed by atoms with Gasteiger partial charge >= 0.3 is 12.3 Å². The van der Waals surface area contributed by atoms with E-state index in [1.54, 1.807) is 0 Å². The van der Waals surface area contributed by atoms with Crippen LogP contribution in [-0.2, 0) is 10.9 Å². The second-order valence-electron chi connectivity index (χ2n) is 7.34. The van der Waals surface area contributed by atoms with Gasteiger partial charge in [0.1, 0.15) is 12.2 Å². The number of likely N-dealkylation sites (tertiary alicyclic amines) is 1. The van der Waals surface area contributed by atoms with Crippen LogP contribution in [0.15, 0.2) is 11.4 Å². The monoisotopic (exact) mass is 465 g/mol. The fourth-order valence-corrected chi connectivity index (χ4v) is 4.31. The SMILES string of the molecule is CNC(=O)c1csc2c(C(F)(F)F)cc(O[C@H]3C[C@@H](OC(=O)N4CC(F)(F)C4)C3)nc12. The third-order valence-electron chi connectivity index (χ3n) is 4.99. The van der Waals surface area contributed by atoms with Crippen molar-refractivity contribution in [2.24, 2.45) is 0 Å². The second-order valence-corrected chi connectivity index (χ2v) is 8.22. The summed E-state index contributed by atoms with van der Waals surface area (Å²) in [5.41, 5.74) is -1.07. The normalized spacial score (nSPS) is 22.5. The lowest BCUT2D eigenvalue weighted by Crippen LogP contribution is -2.59. The number of alkyl halides is 5. The Morgan fingerprint density at radius 1 is 1.26 bits per heavy atom. The van der Waals surface area contributed by atoms with Crippen molar-refractivity contribution in [1.29, 1.82) is 0 Å². The molecular weight excluding hydrogens is 449 g/mol. The average Bonchev–Trinajstić information content (AvgIpc) is 3.05. The molecule has 0 radical (unpaired) electrons. The highest BCUT2D eigenvalue weighted by Gasteiger charge is 2.48. The topological polar surface area (TPSA) is 80.8 Å². The quantitative estimate of drug-likeness (QED) is 0.697. The second kappa shape index (κ2) is 7.46. The minimum atomic E-state index is -4.68. The zero-order chi connectivity index (χ0) is 22.6. The minimum Gasteiger partial charge on any atom is -0.474 e. The lowest BCUT2D eigenvalue weighted by Gasteiger charge is -2.40. The molecule has 2 fully saturated rings. The maximum Gasteiger partial charge on any atom is 0.418 e. The van der Waals surface area contributed by atoms with Gasteiger partial charge in [-0.25, -0.2) is 18.6 Å². The van der Waals surface area contributed by atoms with Gasteiger partial charge in [0.2, 0.25) is 5.88 Å². The lowest BCUT2D eigenvalue weighted by molar-refractivity contribution is -0.136. The molecule has 7 nitrogen and oxygen atoms in total. The van der Waals surface area contributed by atoms with Crippen molar-refractivity contribution in [3.63, 3.8) is 0 Å². The number of fused-ring (bicyclic) bond motifs is 1. The Balaban J connectivity index is 1.44. The molecular formula is C18H16F5N3O4S. The van der Waals surface area contributed by atoms with Crippen LogP contribution in [0.4, 0.5) is 26.7 Å². The van der Waals surface area contributed by atoms with Crippen molar-refractivity contribution in [2.75, 3.05) is 20.1 Å². The summed E-state index contributed by atoms with van der Waals surface area (Å²) in [6.45, 7) is -1.39. The first kappa shape index (κ1) is 21.5. The molecule has 4 rings (SSSR count). The Bertz CT molecular complexity index is 1030. The van der Waals surface area contributed by atoms with Gasteiger partial charge in [-0.05, 0) is 0 Å². The number of carbonyl (C=O) groups excluding carboxylic acids is 2. The lowest BCUT2D eigenvalue weighted by atomic mass is 9.92. The van der Waals surface area contributed by atoms with Crippen LogP contribution in [0.3, 0.4) is 0 Å². The van der Waals surface area contributed by atoms with Crippen molar-refractivity contribution < 1.29 is 41.0 Å². The van der Waals surface area contributed by atoms with Gasteiger partial charge < -0.3 is 14.8 Å². The predicted molar refractivity (Wildman–Crippen MR) is 98.5 cm³/mol. The highest BCUT2D eigenvalue weighted by molar-refractivity contribution is 7.17. The highest BCUT2D eigenvalue weighted by Crippen LogP contribution is 2.41. The van der Waals surface area contributed by atoms with Crippen LogP contribution >= 0.6 is 11.3 Å². The number of pyridine rings is 1. The number of nitrogens with one attached hydrogen (secondary N) is 1. The Morgan fingerprint density at radius 2 is 1.94 bits per heavy atom. The van der Waals surface area contributed by atoms with E-state index in [0.717, 1.165) is 22.3 Å². The number of halogens is 5. The number of ether oxygens (including phenoxy) is 2. The van der Waals surface area contributed by atoms with E-state index < -0.39 is 55.0 Å². The number of aromatic nitrogens is 1.